The molecule has 0 radical (unpaired) electrons. The lowest BCUT2D eigenvalue weighted by Crippen LogP contribution is -2.38. The predicted molar refractivity (Wildman–Crippen MR) is 278 cm³/mol. The van der Waals surface area contributed by atoms with Gasteiger partial charge >= 0.3 is 23.5 Å². The molecule has 4 aliphatic rings. The van der Waals surface area contributed by atoms with Crippen LogP contribution in [0.1, 0.15) is 24.9 Å². The van der Waals surface area contributed by atoms with Crippen molar-refractivity contribution in [1.82, 2.24) is 78.1 Å². The van der Waals surface area contributed by atoms with Crippen molar-refractivity contribution >= 4 is 91.4 Å². The maximum atomic E-state index is 14.3. The summed E-state index contributed by atoms with van der Waals surface area (Å²) in [5.41, 5.74) is 24.5. The molecule has 0 bridgehead atoms. The number of ether oxygens (including phenoxy) is 5. The number of aliphatic hydroxyl groups is 5. The summed E-state index contributed by atoms with van der Waals surface area (Å²) in [6, 6.07) is 0. The number of rotatable bonds is 21. The molecule has 0 aromatic carbocycles. The minimum Gasteiger partial charge on any atom is -0.394 e. The fourth-order valence-corrected chi connectivity index (χ4v) is 13.1. The number of imidazole rings is 4. The standard InChI is InChI=1S/C41H51N20O22P3/c1-73-29-28(83-86(71,72)74-3-15-22(63)23(64)38(78-15)58-10-54-18-30(42)46-6-50-34(18)58)17(80-41(29)61-13-57-21-33(45)49-9-53-37(21)61)5-76-85(69,70)82-27-16(79-40(25(27)66)60-12-56-20-32(44)48-8-52-36(20)60)4-75-84(67,68)81-26-14(2-62)77-39(24(26)65)59-11-55-19-31(43)47-7-51-35(19)59/h6-17,22-29,38-41,62-66H,2-5H2,1H3,(H,67,68)(H,69,70)(H,71,72)(H2,42,46,50)(H2,43,47,51)(H2,44,48,52)(H2,45,49,53)/t14-,15-,16-,17-,22-,23-,24-,25-,26-,27-,28-,29-,38-,39-,40-,41-/m1/s1. The summed E-state index contributed by atoms with van der Waals surface area (Å²) in [5.74, 6) is -0.129. The summed E-state index contributed by atoms with van der Waals surface area (Å²) >= 11 is 0. The van der Waals surface area contributed by atoms with Gasteiger partial charge in [0.25, 0.3) is 0 Å². The predicted octanol–water partition coefficient (Wildman–Crippen LogP) is -3.78. The van der Waals surface area contributed by atoms with Crippen LogP contribution in [0.3, 0.4) is 0 Å². The monoisotopic (exact) mass is 1270 g/mol. The second kappa shape index (κ2) is 23.1. The number of phosphoric acid groups is 3. The van der Waals surface area contributed by atoms with Gasteiger partial charge in [0, 0.05) is 7.11 Å². The second-order valence-corrected chi connectivity index (χ2v) is 23.7. The smallest absolute Gasteiger partial charge is 0.394 e. The molecule has 462 valence electrons. The Bertz CT molecular complexity index is 3960. The van der Waals surface area contributed by atoms with Crippen molar-refractivity contribution in [2.75, 3.05) is 56.5 Å². The first kappa shape index (κ1) is 59.7. The number of phosphoric ester groups is 3. The van der Waals surface area contributed by atoms with Gasteiger partial charge in [-0.3, -0.25) is 45.4 Å². The van der Waals surface area contributed by atoms with Crippen molar-refractivity contribution in [3.05, 3.63) is 50.6 Å². The zero-order valence-corrected chi connectivity index (χ0v) is 46.5. The molecule has 0 amide bonds. The van der Waals surface area contributed by atoms with Crippen molar-refractivity contribution in [1.29, 1.82) is 0 Å². The topological polar surface area (TPSA) is 593 Å². The highest BCUT2D eigenvalue weighted by Crippen LogP contribution is 2.54. The molecule has 0 saturated carbocycles. The second-order valence-electron chi connectivity index (χ2n) is 19.4. The van der Waals surface area contributed by atoms with E-state index in [0.717, 1.165) is 43.3 Å². The Kier molecular flexibility index (Phi) is 16.0. The molecule has 0 aliphatic carbocycles. The third-order valence-corrected chi connectivity index (χ3v) is 17.3. The van der Waals surface area contributed by atoms with Gasteiger partial charge in [-0.05, 0) is 0 Å². The highest BCUT2D eigenvalue weighted by molar-refractivity contribution is 7.48. The maximum absolute atomic E-state index is 14.3. The van der Waals surface area contributed by atoms with Crippen LogP contribution >= 0.6 is 23.5 Å². The molecule has 8 aromatic rings. The van der Waals surface area contributed by atoms with Crippen molar-refractivity contribution in [3.63, 3.8) is 0 Å². The minimum atomic E-state index is -5.62. The summed E-state index contributed by atoms with van der Waals surface area (Å²) in [6.07, 6.45) is -17.5. The number of nitrogens with zero attached hydrogens (tertiary/aromatic N) is 16. The normalized spacial score (nSPS) is 31.8. The van der Waals surface area contributed by atoms with Crippen LogP contribution in [0.2, 0.25) is 0 Å². The van der Waals surface area contributed by atoms with E-state index in [9.17, 15) is 53.9 Å². The molecule has 0 spiro atoms. The lowest BCUT2D eigenvalue weighted by atomic mass is 10.1. The summed E-state index contributed by atoms with van der Waals surface area (Å²) < 4.78 is 109. The number of hydrogen-bond acceptors (Lipinski definition) is 35. The van der Waals surface area contributed by atoms with Gasteiger partial charge in [0.15, 0.2) is 70.8 Å². The van der Waals surface area contributed by atoms with Gasteiger partial charge in [-0.25, -0.2) is 73.5 Å². The number of methoxy groups -OCH3 is 1. The summed E-state index contributed by atoms with van der Waals surface area (Å²) in [7, 11) is -15.3. The van der Waals surface area contributed by atoms with Crippen molar-refractivity contribution in [2.45, 2.75) is 98.2 Å². The highest BCUT2D eigenvalue weighted by Gasteiger charge is 2.55. The first-order chi connectivity index (χ1) is 41.1. The van der Waals surface area contributed by atoms with Crippen molar-refractivity contribution in [2.24, 2.45) is 0 Å². The molecular weight excluding hydrogens is 1220 g/mol. The first-order valence-corrected chi connectivity index (χ1v) is 29.7. The Labute approximate surface area is 478 Å². The van der Waals surface area contributed by atoms with E-state index in [1.54, 1.807) is 0 Å². The number of anilines is 4. The molecule has 12 heterocycles. The Morgan fingerprint density at radius 1 is 0.430 bits per heavy atom. The van der Waals surface area contributed by atoms with E-state index in [0.29, 0.717) is 0 Å². The molecule has 12 rings (SSSR count). The van der Waals surface area contributed by atoms with E-state index in [2.05, 4.69) is 59.8 Å². The summed E-state index contributed by atoms with van der Waals surface area (Å²) in [4.78, 5) is 82.7. The summed E-state index contributed by atoms with van der Waals surface area (Å²) in [6.45, 7) is -3.92. The van der Waals surface area contributed by atoms with Crippen molar-refractivity contribution < 1.29 is 105 Å². The van der Waals surface area contributed by atoms with Crippen LogP contribution in [0.4, 0.5) is 23.3 Å². The lowest BCUT2D eigenvalue weighted by Gasteiger charge is -2.27. The van der Waals surface area contributed by atoms with Crippen LogP contribution in [-0.4, -0.2) is 225 Å². The average Bonchev–Trinajstić information content (AvgIpc) is 1.82. The van der Waals surface area contributed by atoms with E-state index in [4.69, 9.17) is 73.8 Å². The Morgan fingerprint density at radius 2 is 0.744 bits per heavy atom. The fraction of sp³-hybridized carbons (Fsp3) is 0.512. The van der Waals surface area contributed by atoms with E-state index in [1.807, 2.05) is 0 Å². The number of aliphatic hydroxyl groups excluding tert-OH is 5. The molecule has 3 unspecified atom stereocenters. The van der Waals surface area contributed by atoms with Crippen LogP contribution in [0.5, 0.6) is 0 Å². The molecule has 45 heteroatoms. The molecule has 86 heavy (non-hydrogen) atoms. The molecule has 4 saturated heterocycles. The molecule has 8 aromatic heterocycles. The van der Waals surface area contributed by atoms with Gasteiger partial charge in [-0.15, -0.1) is 0 Å². The van der Waals surface area contributed by atoms with Gasteiger partial charge in [-0.2, -0.15) is 0 Å². The number of nitrogens with two attached hydrogens (primary N) is 4. The Balaban J connectivity index is 0.772. The van der Waals surface area contributed by atoms with Gasteiger partial charge < -0.3 is 86.8 Å². The third kappa shape index (κ3) is 11.0. The maximum Gasteiger partial charge on any atom is 0.472 e. The Morgan fingerprint density at radius 3 is 1.14 bits per heavy atom. The van der Waals surface area contributed by atoms with Crippen LogP contribution < -0.4 is 22.9 Å². The van der Waals surface area contributed by atoms with Crippen LogP contribution in [0.15, 0.2) is 50.6 Å². The molecule has 19 atom stereocenters. The fourth-order valence-electron chi connectivity index (χ4n) is 10.3. The highest BCUT2D eigenvalue weighted by atomic mass is 31.2. The van der Waals surface area contributed by atoms with E-state index in [1.165, 1.54) is 32.7 Å². The number of nitrogen functional groups attached to an aromatic ring is 4. The van der Waals surface area contributed by atoms with Crippen LogP contribution in [0.25, 0.3) is 44.7 Å². The third-order valence-electron chi connectivity index (χ3n) is 14.3. The van der Waals surface area contributed by atoms with Gasteiger partial charge in [0.1, 0.15) is 121 Å². The summed E-state index contributed by atoms with van der Waals surface area (Å²) in [5, 5.41) is 55.5. The minimum absolute atomic E-state index is 0.00811. The SMILES string of the molecule is CO[C@@H]1[C@H](OP(=O)(O)OC[C@H]2O[C@@H](n3cnc4c(N)ncnc43)[C@H](O)[C@@H]2O)[C@@H](COP(=O)(O)O[C@H]2[C@@H](O)[C@H](n3cnc4c(N)ncnc43)O[C@@H]2COP(=O)(O)O[C@H]2[C@@H](O)[C@H](n3cnc4c(N)ncnc43)O[C@@H]2CO)O[C@H]1n1cnc2c(N)ncnc21. The molecule has 42 nitrogen and oxygen atoms in total. The van der Waals surface area contributed by atoms with E-state index < -0.39 is 148 Å². The largest absolute Gasteiger partial charge is 0.472 e. The average molecular weight is 1270 g/mol. The van der Waals surface area contributed by atoms with Crippen LogP contribution in [-0.2, 0) is 64.5 Å². The van der Waals surface area contributed by atoms with E-state index in [-0.39, 0.29) is 67.9 Å². The zero-order valence-electron chi connectivity index (χ0n) is 43.8. The number of hydrogen-bond donors (Lipinski definition) is 12. The van der Waals surface area contributed by atoms with Gasteiger partial charge in [0.05, 0.1) is 51.7 Å². The molecule has 16 N–H and O–H groups in total. The first-order valence-electron chi connectivity index (χ1n) is 25.2. The van der Waals surface area contributed by atoms with Gasteiger partial charge in [0.2, 0.25) is 0 Å². The van der Waals surface area contributed by atoms with E-state index >= 15 is 0 Å². The lowest BCUT2D eigenvalue weighted by molar-refractivity contribution is -0.0643. The molecule has 4 aliphatic heterocycles. The molecular formula is C41H51N20O22P3. The van der Waals surface area contributed by atoms with Gasteiger partial charge in [-0.1, -0.05) is 0 Å². The Hall–Kier alpha value is -6.67. The number of aromatic nitrogens is 16. The number of fused-ring (bicyclic) bond motifs is 4. The zero-order chi connectivity index (χ0) is 60.7. The van der Waals surface area contributed by atoms with Crippen LogP contribution in [0, 0.1) is 0 Å². The molecule has 4 fully saturated rings. The quantitative estimate of drug-likeness (QED) is 0.0307. The van der Waals surface area contributed by atoms with Crippen molar-refractivity contribution in [3.8, 4) is 0 Å².